The van der Waals surface area contributed by atoms with Crippen LogP contribution in [0.25, 0.3) is 0 Å². The van der Waals surface area contributed by atoms with E-state index in [0.717, 1.165) is 0 Å². The van der Waals surface area contributed by atoms with Crippen molar-refractivity contribution in [3.63, 3.8) is 0 Å². The number of nitrogens with zero attached hydrogens (tertiary/aromatic N) is 1. The summed E-state index contributed by atoms with van der Waals surface area (Å²) >= 11 is 0. The number of nitro benzene ring substituents is 1. The summed E-state index contributed by atoms with van der Waals surface area (Å²) < 4.78 is 4.78. The number of aldehydes is 1. The molecule has 0 bridgehead atoms. The van der Waals surface area contributed by atoms with E-state index >= 15 is 0 Å². The molecule has 2 rings (SSSR count). The van der Waals surface area contributed by atoms with Gasteiger partial charge in [-0.15, -0.1) is 0 Å². The Kier molecular flexibility index (Phi) is 5.71. The number of rotatable bonds is 3. The minimum absolute atomic E-state index is 0.0399. The molecule has 6 nitrogen and oxygen atoms in total. The summed E-state index contributed by atoms with van der Waals surface area (Å²) in [6.07, 6.45) is 0.696. The van der Waals surface area contributed by atoms with Crippen LogP contribution in [0.15, 0.2) is 48.5 Å². The highest BCUT2D eigenvalue weighted by Crippen LogP contribution is 2.25. The molecule has 0 unspecified atom stereocenters. The van der Waals surface area contributed by atoms with Crippen molar-refractivity contribution in [3.8, 4) is 11.5 Å². The number of carbonyl (C=O) groups excluding carboxylic acids is 1. The van der Waals surface area contributed by atoms with Crippen molar-refractivity contribution in [2.24, 2.45) is 0 Å². The summed E-state index contributed by atoms with van der Waals surface area (Å²) in [7, 11) is 1.43. The number of benzene rings is 2. The second-order valence-electron chi connectivity index (χ2n) is 3.64. The summed E-state index contributed by atoms with van der Waals surface area (Å²) in [5, 5.41) is 19.1. The lowest BCUT2D eigenvalue weighted by molar-refractivity contribution is -0.384. The van der Waals surface area contributed by atoms with E-state index in [4.69, 9.17) is 9.84 Å². The molecule has 0 spiro atoms. The fourth-order valence-electron chi connectivity index (χ4n) is 1.32. The molecule has 20 heavy (non-hydrogen) atoms. The summed E-state index contributed by atoms with van der Waals surface area (Å²) in [5.41, 5.74) is 0.622. The van der Waals surface area contributed by atoms with Gasteiger partial charge in [-0.2, -0.15) is 0 Å². The molecule has 0 amide bonds. The van der Waals surface area contributed by atoms with Crippen LogP contribution in [-0.2, 0) is 0 Å². The minimum atomic E-state index is -0.417. The molecule has 0 aliphatic carbocycles. The van der Waals surface area contributed by atoms with Gasteiger partial charge < -0.3 is 9.84 Å². The largest absolute Gasteiger partial charge is 0.504 e. The zero-order chi connectivity index (χ0) is 15.0. The standard InChI is InChI=1S/C8H8O3.C6H5NO2/c1-11-8-4-6(5-9)2-3-7(8)10;8-7(9)6-4-2-1-3-5-6/h2-5,10H,1H3;1-5H. The molecule has 2 aromatic rings. The normalized spacial score (nSPS) is 9.05. The molecule has 0 aliphatic heterocycles. The third kappa shape index (κ3) is 4.41. The number of aromatic hydroxyl groups is 1. The van der Waals surface area contributed by atoms with Crippen molar-refractivity contribution >= 4 is 12.0 Å². The Hall–Kier alpha value is -2.89. The quantitative estimate of drug-likeness (QED) is 0.528. The minimum Gasteiger partial charge on any atom is -0.504 e. The number of carbonyl (C=O) groups is 1. The van der Waals surface area contributed by atoms with Crippen molar-refractivity contribution in [2.75, 3.05) is 7.11 Å². The second kappa shape index (κ2) is 7.52. The zero-order valence-corrected chi connectivity index (χ0v) is 10.7. The van der Waals surface area contributed by atoms with Crippen molar-refractivity contribution in [2.45, 2.75) is 0 Å². The monoisotopic (exact) mass is 275 g/mol. The van der Waals surface area contributed by atoms with E-state index < -0.39 is 4.92 Å². The number of para-hydroxylation sites is 1. The first kappa shape index (κ1) is 15.2. The topological polar surface area (TPSA) is 89.7 Å². The highest BCUT2D eigenvalue weighted by Gasteiger charge is 2.00. The Morgan fingerprint density at radius 2 is 1.85 bits per heavy atom. The van der Waals surface area contributed by atoms with Gasteiger partial charge in [0.25, 0.3) is 5.69 Å². The molecular weight excluding hydrogens is 262 g/mol. The van der Waals surface area contributed by atoms with Crippen LogP contribution in [0.1, 0.15) is 10.4 Å². The fraction of sp³-hybridized carbons (Fsp3) is 0.0714. The first-order valence-corrected chi connectivity index (χ1v) is 5.60. The van der Waals surface area contributed by atoms with Crippen LogP contribution >= 0.6 is 0 Å². The van der Waals surface area contributed by atoms with Gasteiger partial charge in [0.05, 0.1) is 12.0 Å². The van der Waals surface area contributed by atoms with E-state index in [2.05, 4.69) is 0 Å². The molecule has 0 aliphatic rings. The SMILES string of the molecule is COc1cc(C=O)ccc1O.O=[N+]([O-])c1ccccc1. The second-order valence-corrected chi connectivity index (χ2v) is 3.64. The molecule has 0 heterocycles. The van der Waals surface area contributed by atoms with Crippen molar-refractivity contribution in [3.05, 3.63) is 64.2 Å². The average Bonchev–Trinajstić information content (AvgIpc) is 2.49. The van der Waals surface area contributed by atoms with Crippen molar-refractivity contribution in [1.29, 1.82) is 0 Å². The molecule has 2 aromatic carbocycles. The van der Waals surface area contributed by atoms with Gasteiger partial charge in [-0.05, 0) is 18.2 Å². The van der Waals surface area contributed by atoms with Gasteiger partial charge in [0.15, 0.2) is 11.5 Å². The molecule has 0 radical (unpaired) electrons. The highest BCUT2D eigenvalue weighted by molar-refractivity contribution is 5.76. The third-order valence-electron chi connectivity index (χ3n) is 2.31. The summed E-state index contributed by atoms with van der Waals surface area (Å²) in [6.45, 7) is 0. The maximum atomic E-state index is 10.2. The molecule has 0 aromatic heterocycles. The number of non-ortho nitro benzene ring substituents is 1. The number of nitro groups is 1. The molecule has 104 valence electrons. The van der Waals surface area contributed by atoms with E-state index in [1.54, 1.807) is 18.2 Å². The van der Waals surface area contributed by atoms with E-state index in [1.807, 2.05) is 0 Å². The van der Waals surface area contributed by atoms with Crippen LogP contribution in [0.3, 0.4) is 0 Å². The maximum Gasteiger partial charge on any atom is 0.269 e. The van der Waals surface area contributed by atoms with Crippen LogP contribution in [-0.4, -0.2) is 23.4 Å². The molecule has 1 N–H and O–H groups in total. The fourth-order valence-corrected chi connectivity index (χ4v) is 1.32. The van der Waals surface area contributed by atoms with Gasteiger partial charge in [-0.3, -0.25) is 14.9 Å². The number of methoxy groups -OCH3 is 1. The van der Waals surface area contributed by atoms with Crippen LogP contribution in [0.4, 0.5) is 5.69 Å². The number of phenolic OH excluding ortho intramolecular Hbond substituents is 1. The number of ether oxygens (including phenoxy) is 1. The Labute approximate surface area is 115 Å². The number of phenols is 1. The van der Waals surface area contributed by atoms with Crippen LogP contribution in [0.2, 0.25) is 0 Å². The highest BCUT2D eigenvalue weighted by atomic mass is 16.6. The molecule has 0 saturated carbocycles. The van der Waals surface area contributed by atoms with Crippen LogP contribution in [0, 0.1) is 10.1 Å². The van der Waals surface area contributed by atoms with Gasteiger partial charge >= 0.3 is 0 Å². The molecule has 0 atom stereocenters. The van der Waals surface area contributed by atoms with Crippen LogP contribution in [0.5, 0.6) is 11.5 Å². The predicted octanol–water partition coefficient (Wildman–Crippen LogP) is 2.81. The molecule has 0 fully saturated rings. The average molecular weight is 275 g/mol. The maximum absolute atomic E-state index is 10.2. The van der Waals surface area contributed by atoms with Gasteiger partial charge in [0.2, 0.25) is 0 Å². The Morgan fingerprint density at radius 3 is 2.30 bits per heavy atom. The molecule has 0 saturated heterocycles. The van der Waals surface area contributed by atoms with E-state index in [1.165, 1.54) is 37.4 Å². The molecular formula is C14H13NO5. The van der Waals surface area contributed by atoms with Crippen molar-refractivity contribution in [1.82, 2.24) is 0 Å². The third-order valence-corrected chi connectivity index (χ3v) is 2.31. The van der Waals surface area contributed by atoms with E-state index in [-0.39, 0.29) is 11.4 Å². The van der Waals surface area contributed by atoms with Gasteiger partial charge in [0, 0.05) is 17.7 Å². The van der Waals surface area contributed by atoms with Crippen LogP contribution < -0.4 is 4.74 Å². The van der Waals surface area contributed by atoms with Gasteiger partial charge in [-0.25, -0.2) is 0 Å². The van der Waals surface area contributed by atoms with Crippen molar-refractivity contribution < 1.29 is 19.6 Å². The van der Waals surface area contributed by atoms with Gasteiger partial charge in [0.1, 0.15) is 6.29 Å². The summed E-state index contributed by atoms with van der Waals surface area (Å²) in [6, 6.07) is 12.3. The first-order chi connectivity index (χ1) is 9.58. The van der Waals surface area contributed by atoms with Gasteiger partial charge in [-0.1, -0.05) is 18.2 Å². The summed E-state index contributed by atoms with van der Waals surface area (Å²) in [5.74, 6) is 0.354. The first-order valence-electron chi connectivity index (χ1n) is 5.60. The summed E-state index contributed by atoms with van der Waals surface area (Å²) in [4.78, 5) is 19.8. The smallest absolute Gasteiger partial charge is 0.269 e. The molecule has 6 heteroatoms. The Morgan fingerprint density at radius 1 is 1.20 bits per heavy atom. The van der Waals surface area contributed by atoms with E-state index in [9.17, 15) is 14.9 Å². The lowest BCUT2D eigenvalue weighted by Gasteiger charge is -2.01. The zero-order valence-electron chi connectivity index (χ0n) is 10.7. The Bertz CT molecular complexity index is 583. The number of hydrogen-bond acceptors (Lipinski definition) is 5. The Balaban J connectivity index is 0.000000204. The lowest BCUT2D eigenvalue weighted by Crippen LogP contribution is -1.85. The predicted molar refractivity (Wildman–Crippen MR) is 73.1 cm³/mol. The van der Waals surface area contributed by atoms with E-state index in [0.29, 0.717) is 17.6 Å². The lowest BCUT2D eigenvalue weighted by atomic mass is 10.2. The number of hydrogen-bond donors (Lipinski definition) is 1.